The lowest BCUT2D eigenvalue weighted by Crippen LogP contribution is -2.43. The molecule has 0 unspecified atom stereocenters. The Labute approximate surface area is 156 Å². The fourth-order valence-corrected chi connectivity index (χ4v) is 4.25. The number of ether oxygens (including phenoxy) is 2. The molecule has 3 rings (SSSR count). The van der Waals surface area contributed by atoms with Crippen molar-refractivity contribution in [2.24, 2.45) is 0 Å². The summed E-state index contributed by atoms with van der Waals surface area (Å²) in [4.78, 5) is 26.0. The normalized spacial score (nSPS) is 19.4. The molecule has 2 atom stereocenters. The Bertz CT molecular complexity index is 761. The molecule has 1 amide bonds. The molecule has 0 spiro atoms. The van der Waals surface area contributed by atoms with Crippen molar-refractivity contribution in [3.05, 3.63) is 54.0 Å². The first kappa shape index (κ1) is 18.4. The molecule has 26 heavy (non-hydrogen) atoms. The monoisotopic (exact) mass is 375 g/mol. The number of carbonyl (C=O) groups excluding carboxylic acids is 2. The molecule has 2 heterocycles. The lowest BCUT2D eigenvalue weighted by molar-refractivity contribution is -0.154. The number of para-hydroxylation sites is 1. The van der Waals surface area contributed by atoms with Crippen LogP contribution in [0.2, 0.25) is 0 Å². The van der Waals surface area contributed by atoms with E-state index in [0.29, 0.717) is 11.5 Å². The van der Waals surface area contributed by atoms with E-state index in [2.05, 4.69) is 0 Å². The van der Waals surface area contributed by atoms with Gasteiger partial charge in [-0.25, -0.2) is 4.79 Å². The van der Waals surface area contributed by atoms with Crippen molar-refractivity contribution in [2.75, 3.05) is 19.0 Å². The van der Waals surface area contributed by atoms with Gasteiger partial charge in [-0.2, -0.15) is 0 Å². The van der Waals surface area contributed by atoms with E-state index in [1.807, 2.05) is 31.2 Å². The number of amides is 1. The summed E-state index contributed by atoms with van der Waals surface area (Å²) in [5.74, 6) is 1.29. The third kappa shape index (κ3) is 4.04. The van der Waals surface area contributed by atoms with Crippen LogP contribution in [0, 0.1) is 6.92 Å². The second kappa shape index (κ2) is 8.31. The second-order valence-corrected chi connectivity index (χ2v) is 7.04. The Kier molecular flexibility index (Phi) is 5.88. The number of nitrogens with zero attached hydrogens (tertiary/aromatic N) is 1. The van der Waals surface area contributed by atoms with Gasteiger partial charge in [0.15, 0.2) is 0 Å². The van der Waals surface area contributed by atoms with Crippen LogP contribution in [0.25, 0.3) is 0 Å². The van der Waals surface area contributed by atoms with E-state index in [0.717, 1.165) is 11.3 Å². The van der Waals surface area contributed by atoms with E-state index >= 15 is 0 Å². The van der Waals surface area contributed by atoms with E-state index in [1.165, 1.54) is 23.6 Å². The first-order valence-electron chi connectivity index (χ1n) is 8.37. The summed E-state index contributed by atoms with van der Waals surface area (Å²) in [6.45, 7) is 3.80. The molecule has 1 saturated heterocycles. The molecule has 7 heteroatoms. The van der Waals surface area contributed by atoms with Crippen LogP contribution < -0.4 is 4.74 Å². The SMILES string of the molecule is CC(=O)N1[C@@H](C(=O)OCCOc2ccccc2C)CS[C@H]1c1ccco1. The average molecular weight is 375 g/mol. The number of esters is 1. The predicted molar refractivity (Wildman–Crippen MR) is 97.8 cm³/mol. The van der Waals surface area contributed by atoms with E-state index in [9.17, 15) is 9.59 Å². The molecule has 0 N–H and O–H groups in total. The van der Waals surface area contributed by atoms with Crippen molar-refractivity contribution in [3.63, 3.8) is 0 Å². The smallest absolute Gasteiger partial charge is 0.329 e. The van der Waals surface area contributed by atoms with Gasteiger partial charge in [0.25, 0.3) is 0 Å². The number of hydrogen-bond acceptors (Lipinski definition) is 6. The van der Waals surface area contributed by atoms with Gasteiger partial charge < -0.3 is 18.8 Å². The van der Waals surface area contributed by atoms with Crippen LogP contribution in [0.15, 0.2) is 47.1 Å². The zero-order valence-corrected chi connectivity index (χ0v) is 15.5. The highest BCUT2D eigenvalue weighted by atomic mass is 32.2. The number of aryl methyl sites for hydroxylation is 1. The summed E-state index contributed by atoms with van der Waals surface area (Å²) in [7, 11) is 0. The summed E-state index contributed by atoms with van der Waals surface area (Å²) < 4.78 is 16.4. The Balaban J connectivity index is 1.54. The standard InChI is InChI=1S/C19H21NO5S/c1-13-6-3-4-7-16(13)24-10-11-25-19(22)15-12-26-18(20(15)14(2)21)17-8-5-9-23-17/h3-9,15,18H,10-12H2,1-2H3/t15-,18+/m1/s1. The van der Waals surface area contributed by atoms with Crippen molar-refractivity contribution in [2.45, 2.75) is 25.3 Å². The summed E-state index contributed by atoms with van der Waals surface area (Å²) in [5.41, 5.74) is 1.02. The topological polar surface area (TPSA) is 69.0 Å². The molecule has 6 nitrogen and oxygen atoms in total. The van der Waals surface area contributed by atoms with Crippen LogP contribution in [-0.2, 0) is 14.3 Å². The second-order valence-electron chi connectivity index (χ2n) is 5.92. The van der Waals surface area contributed by atoms with Crippen LogP contribution in [-0.4, -0.2) is 41.8 Å². The molecule has 2 aromatic rings. The molecular formula is C19H21NO5S. The zero-order chi connectivity index (χ0) is 18.5. The molecular weight excluding hydrogens is 354 g/mol. The van der Waals surface area contributed by atoms with Gasteiger partial charge in [-0.3, -0.25) is 4.79 Å². The first-order valence-corrected chi connectivity index (χ1v) is 9.42. The molecule has 1 aromatic heterocycles. The van der Waals surface area contributed by atoms with Crippen LogP contribution in [0.4, 0.5) is 0 Å². The number of thioether (sulfide) groups is 1. The molecule has 138 valence electrons. The van der Waals surface area contributed by atoms with E-state index < -0.39 is 12.0 Å². The molecule has 0 bridgehead atoms. The fourth-order valence-electron chi connectivity index (χ4n) is 2.83. The highest BCUT2D eigenvalue weighted by Gasteiger charge is 2.43. The highest BCUT2D eigenvalue weighted by Crippen LogP contribution is 2.41. The van der Waals surface area contributed by atoms with Gasteiger partial charge in [0.05, 0.1) is 6.26 Å². The minimum atomic E-state index is -0.619. The third-order valence-corrected chi connectivity index (χ3v) is 5.38. The van der Waals surface area contributed by atoms with Crippen molar-refractivity contribution in [1.82, 2.24) is 4.90 Å². The van der Waals surface area contributed by atoms with Crippen LogP contribution in [0.5, 0.6) is 5.75 Å². The highest BCUT2D eigenvalue weighted by molar-refractivity contribution is 7.99. The molecule has 1 aliphatic heterocycles. The molecule has 0 aliphatic carbocycles. The number of furan rings is 1. The summed E-state index contributed by atoms with van der Waals surface area (Å²) in [6, 6.07) is 10.6. The minimum Gasteiger partial charge on any atom is -0.490 e. The van der Waals surface area contributed by atoms with Gasteiger partial charge in [-0.15, -0.1) is 11.8 Å². The van der Waals surface area contributed by atoms with Crippen molar-refractivity contribution in [1.29, 1.82) is 0 Å². The number of rotatable bonds is 6. The maximum absolute atomic E-state index is 12.4. The van der Waals surface area contributed by atoms with E-state index in [1.54, 1.807) is 18.4 Å². The van der Waals surface area contributed by atoms with Gasteiger partial charge in [-0.05, 0) is 30.7 Å². The largest absolute Gasteiger partial charge is 0.490 e. The first-order chi connectivity index (χ1) is 12.6. The molecule has 0 radical (unpaired) electrons. The third-order valence-electron chi connectivity index (χ3n) is 4.10. The maximum atomic E-state index is 12.4. The van der Waals surface area contributed by atoms with Crippen molar-refractivity contribution in [3.8, 4) is 5.75 Å². The molecule has 1 fully saturated rings. The molecule has 1 aliphatic rings. The maximum Gasteiger partial charge on any atom is 0.329 e. The van der Waals surface area contributed by atoms with E-state index in [4.69, 9.17) is 13.9 Å². The zero-order valence-electron chi connectivity index (χ0n) is 14.7. The van der Waals surface area contributed by atoms with Crippen molar-refractivity contribution >= 4 is 23.6 Å². The Morgan fingerprint density at radius 3 is 2.73 bits per heavy atom. The number of carbonyl (C=O) groups is 2. The van der Waals surface area contributed by atoms with Gasteiger partial charge in [0, 0.05) is 12.7 Å². The average Bonchev–Trinajstić information content (AvgIpc) is 3.28. The van der Waals surface area contributed by atoms with Crippen LogP contribution in [0.1, 0.15) is 23.6 Å². The van der Waals surface area contributed by atoms with Crippen LogP contribution in [0.3, 0.4) is 0 Å². The summed E-state index contributed by atoms with van der Waals surface area (Å²) >= 11 is 1.49. The van der Waals surface area contributed by atoms with Crippen molar-refractivity contribution < 1.29 is 23.5 Å². The minimum absolute atomic E-state index is 0.130. The lowest BCUT2D eigenvalue weighted by atomic mass is 10.2. The number of benzene rings is 1. The predicted octanol–water partition coefficient (Wildman–Crippen LogP) is 3.17. The van der Waals surface area contributed by atoms with Gasteiger partial charge >= 0.3 is 5.97 Å². The van der Waals surface area contributed by atoms with Crippen LogP contribution >= 0.6 is 11.8 Å². The molecule has 1 aromatic carbocycles. The number of hydrogen-bond donors (Lipinski definition) is 0. The Morgan fingerprint density at radius 1 is 1.23 bits per heavy atom. The fraction of sp³-hybridized carbons (Fsp3) is 0.368. The Morgan fingerprint density at radius 2 is 2.04 bits per heavy atom. The molecule has 0 saturated carbocycles. The summed E-state index contributed by atoms with van der Waals surface area (Å²) in [5, 5.41) is -0.303. The lowest BCUT2D eigenvalue weighted by Gasteiger charge is -2.25. The van der Waals surface area contributed by atoms with Gasteiger partial charge in [0.1, 0.15) is 36.1 Å². The summed E-state index contributed by atoms with van der Waals surface area (Å²) in [6.07, 6.45) is 1.56. The van der Waals surface area contributed by atoms with E-state index in [-0.39, 0.29) is 24.5 Å². The quantitative estimate of drug-likeness (QED) is 0.571. The van der Waals surface area contributed by atoms with Gasteiger partial charge in [0.2, 0.25) is 5.91 Å². The van der Waals surface area contributed by atoms with Gasteiger partial charge in [-0.1, -0.05) is 18.2 Å². The Hall–Kier alpha value is -2.41.